The molecule has 0 aromatic heterocycles. The number of alkyl halides is 3. The summed E-state index contributed by atoms with van der Waals surface area (Å²) in [5.74, 6) is -2.43. The van der Waals surface area contributed by atoms with Crippen molar-refractivity contribution in [3.05, 3.63) is 29.3 Å². The van der Waals surface area contributed by atoms with E-state index in [1.807, 2.05) is 0 Å². The highest BCUT2D eigenvalue weighted by atomic mass is 19.4. The van der Waals surface area contributed by atoms with E-state index in [9.17, 15) is 32.3 Å². The molecule has 1 aliphatic heterocycles. The van der Waals surface area contributed by atoms with Gasteiger partial charge in [-0.15, -0.1) is 0 Å². The van der Waals surface area contributed by atoms with Crippen LogP contribution in [0.3, 0.4) is 0 Å². The molecule has 0 spiro atoms. The van der Waals surface area contributed by atoms with Crippen LogP contribution in [0.2, 0.25) is 0 Å². The van der Waals surface area contributed by atoms with Crippen molar-refractivity contribution in [3.63, 3.8) is 0 Å². The third-order valence-electron chi connectivity index (χ3n) is 4.72. The SMILES string of the molecule is COC(=O)c1ccc(C)c(NC(=O)COC(=O)C2CCN(C(=O)OCC(F)(F)F)CC2)c1. The molecule has 1 aliphatic rings. The molecular weight excluding hydrogens is 437 g/mol. The molecule has 2 rings (SSSR count). The van der Waals surface area contributed by atoms with E-state index in [0.717, 1.165) is 4.90 Å². The van der Waals surface area contributed by atoms with Gasteiger partial charge in [0.05, 0.1) is 18.6 Å². The number of piperidine rings is 1. The molecule has 1 aromatic rings. The summed E-state index contributed by atoms with van der Waals surface area (Å²) in [6.45, 7) is -0.458. The van der Waals surface area contributed by atoms with Gasteiger partial charge < -0.3 is 24.4 Å². The second-order valence-electron chi connectivity index (χ2n) is 7.11. The number of esters is 2. The number of anilines is 1. The highest BCUT2D eigenvalue weighted by Crippen LogP contribution is 2.21. The molecule has 2 amide bonds. The molecule has 1 fully saturated rings. The second kappa shape index (κ2) is 10.8. The Morgan fingerprint density at radius 1 is 1.12 bits per heavy atom. The Bertz CT molecular complexity index is 865. The Hall–Kier alpha value is -3.31. The van der Waals surface area contributed by atoms with Gasteiger partial charge >= 0.3 is 24.2 Å². The Kier molecular flexibility index (Phi) is 8.44. The maximum absolute atomic E-state index is 12.2. The van der Waals surface area contributed by atoms with Crippen LogP contribution in [-0.2, 0) is 23.8 Å². The van der Waals surface area contributed by atoms with Crippen molar-refractivity contribution in [2.45, 2.75) is 25.9 Å². The van der Waals surface area contributed by atoms with E-state index >= 15 is 0 Å². The zero-order chi connectivity index (χ0) is 23.9. The number of amides is 2. The lowest BCUT2D eigenvalue weighted by Gasteiger charge is -2.30. The van der Waals surface area contributed by atoms with Crippen LogP contribution in [0, 0.1) is 12.8 Å². The van der Waals surface area contributed by atoms with Crippen LogP contribution in [0.25, 0.3) is 0 Å². The van der Waals surface area contributed by atoms with E-state index in [4.69, 9.17) is 4.74 Å². The van der Waals surface area contributed by atoms with Gasteiger partial charge in [-0.25, -0.2) is 9.59 Å². The number of halogens is 3. The van der Waals surface area contributed by atoms with Crippen LogP contribution in [-0.4, -0.2) is 68.4 Å². The highest BCUT2D eigenvalue weighted by Gasteiger charge is 2.33. The summed E-state index contributed by atoms with van der Waals surface area (Å²) < 4.78 is 50.2. The first-order valence-corrected chi connectivity index (χ1v) is 9.64. The molecule has 1 saturated heterocycles. The van der Waals surface area contributed by atoms with Crippen molar-refractivity contribution < 1.29 is 46.6 Å². The first-order chi connectivity index (χ1) is 15.0. The highest BCUT2D eigenvalue weighted by molar-refractivity contribution is 5.96. The zero-order valence-corrected chi connectivity index (χ0v) is 17.5. The Morgan fingerprint density at radius 3 is 2.38 bits per heavy atom. The Balaban J connectivity index is 1.78. The summed E-state index contributed by atoms with van der Waals surface area (Å²) in [5.41, 5.74) is 1.28. The van der Waals surface area contributed by atoms with E-state index in [0.29, 0.717) is 11.3 Å². The Labute approximate surface area is 181 Å². The van der Waals surface area contributed by atoms with Crippen LogP contribution in [0.1, 0.15) is 28.8 Å². The van der Waals surface area contributed by atoms with Crippen molar-refractivity contribution in [2.24, 2.45) is 5.92 Å². The lowest BCUT2D eigenvalue weighted by atomic mass is 9.97. The van der Waals surface area contributed by atoms with Gasteiger partial charge in [0.15, 0.2) is 13.2 Å². The summed E-state index contributed by atoms with van der Waals surface area (Å²) in [7, 11) is 1.23. The van der Waals surface area contributed by atoms with Crippen LogP contribution < -0.4 is 5.32 Å². The lowest BCUT2D eigenvalue weighted by Crippen LogP contribution is -2.42. The number of nitrogens with one attached hydrogen (secondary N) is 1. The standard InChI is InChI=1S/C20H23F3N2O7/c1-12-3-4-14(17(27)30-2)9-15(12)24-16(26)10-31-18(28)13-5-7-25(8-6-13)19(29)32-11-20(21,22)23/h3-4,9,13H,5-8,10-11H2,1-2H3,(H,24,26). The molecule has 12 heteroatoms. The minimum absolute atomic E-state index is 0.0299. The quantitative estimate of drug-likeness (QED) is 0.513. The summed E-state index contributed by atoms with van der Waals surface area (Å²) in [5, 5.41) is 2.55. The molecule has 176 valence electrons. The summed E-state index contributed by atoms with van der Waals surface area (Å²) in [6.07, 6.45) is -5.38. The van der Waals surface area contributed by atoms with E-state index in [2.05, 4.69) is 14.8 Å². The number of hydrogen-bond acceptors (Lipinski definition) is 7. The van der Waals surface area contributed by atoms with Crippen LogP contribution >= 0.6 is 0 Å². The number of ether oxygens (including phenoxy) is 3. The van der Waals surface area contributed by atoms with Crippen LogP contribution in [0.15, 0.2) is 18.2 Å². The molecule has 1 N–H and O–H groups in total. The molecule has 1 aromatic carbocycles. The number of hydrogen-bond donors (Lipinski definition) is 1. The van der Waals surface area contributed by atoms with Gasteiger partial charge in [0.25, 0.3) is 5.91 Å². The number of aryl methyl sites for hydroxylation is 1. The summed E-state index contributed by atoms with van der Waals surface area (Å²) in [6, 6.07) is 4.61. The fourth-order valence-electron chi connectivity index (χ4n) is 2.97. The van der Waals surface area contributed by atoms with Crippen LogP contribution in [0.4, 0.5) is 23.7 Å². The first-order valence-electron chi connectivity index (χ1n) is 9.64. The minimum atomic E-state index is -4.61. The number of nitrogens with zero attached hydrogens (tertiary/aromatic N) is 1. The molecule has 0 radical (unpaired) electrons. The van der Waals surface area contributed by atoms with Crippen molar-refractivity contribution in [1.82, 2.24) is 4.90 Å². The van der Waals surface area contributed by atoms with Gasteiger partial charge in [0.2, 0.25) is 0 Å². The maximum atomic E-state index is 12.2. The third kappa shape index (κ3) is 7.43. The van der Waals surface area contributed by atoms with E-state index in [1.54, 1.807) is 19.1 Å². The first kappa shape index (κ1) is 25.0. The number of rotatable bonds is 6. The van der Waals surface area contributed by atoms with Crippen molar-refractivity contribution in [2.75, 3.05) is 38.7 Å². The van der Waals surface area contributed by atoms with Crippen molar-refractivity contribution in [1.29, 1.82) is 0 Å². The van der Waals surface area contributed by atoms with Crippen molar-refractivity contribution >= 4 is 29.6 Å². The van der Waals surface area contributed by atoms with Gasteiger partial charge in [-0.05, 0) is 37.5 Å². The second-order valence-corrected chi connectivity index (χ2v) is 7.11. The fourth-order valence-corrected chi connectivity index (χ4v) is 2.97. The monoisotopic (exact) mass is 460 g/mol. The molecule has 0 saturated carbocycles. The number of carbonyl (C=O) groups is 4. The molecule has 0 atom stereocenters. The smallest absolute Gasteiger partial charge is 0.422 e. The average molecular weight is 460 g/mol. The van der Waals surface area contributed by atoms with Gasteiger partial charge in [-0.3, -0.25) is 9.59 Å². The van der Waals surface area contributed by atoms with E-state index in [-0.39, 0.29) is 31.5 Å². The fraction of sp³-hybridized carbons (Fsp3) is 0.500. The van der Waals surface area contributed by atoms with E-state index < -0.39 is 49.2 Å². The molecule has 1 heterocycles. The third-order valence-corrected chi connectivity index (χ3v) is 4.72. The number of carbonyl (C=O) groups excluding carboxylic acids is 4. The number of methoxy groups -OCH3 is 1. The maximum Gasteiger partial charge on any atom is 0.422 e. The predicted molar refractivity (Wildman–Crippen MR) is 104 cm³/mol. The molecule has 32 heavy (non-hydrogen) atoms. The van der Waals surface area contributed by atoms with Crippen LogP contribution in [0.5, 0.6) is 0 Å². The summed E-state index contributed by atoms with van der Waals surface area (Å²) >= 11 is 0. The van der Waals surface area contributed by atoms with Gasteiger partial charge in [0, 0.05) is 18.8 Å². The number of benzene rings is 1. The van der Waals surface area contributed by atoms with Gasteiger partial charge in [-0.2, -0.15) is 13.2 Å². The topological polar surface area (TPSA) is 111 Å². The molecule has 9 nitrogen and oxygen atoms in total. The van der Waals surface area contributed by atoms with Gasteiger partial charge in [0.1, 0.15) is 0 Å². The average Bonchev–Trinajstić information content (AvgIpc) is 2.76. The minimum Gasteiger partial charge on any atom is -0.465 e. The summed E-state index contributed by atoms with van der Waals surface area (Å²) in [4.78, 5) is 48.6. The molecular formula is C20H23F3N2O7. The van der Waals surface area contributed by atoms with Crippen molar-refractivity contribution in [3.8, 4) is 0 Å². The predicted octanol–water partition coefficient (Wildman–Crippen LogP) is 2.67. The number of likely N-dealkylation sites (tertiary alicyclic amines) is 1. The molecule has 0 aliphatic carbocycles. The largest absolute Gasteiger partial charge is 0.465 e. The normalized spacial score (nSPS) is 14.5. The van der Waals surface area contributed by atoms with Gasteiger partial charge in [-0.1, -0.05) is 6.07 Å². The van der Waals surface area contributed by atoms with E-state index in [1.165, 1.54) is 13.2 Å². The molecule has 0 bridgehead atoms. The zero-order valence-electron chi connectivity index (χ0n) is 17.5. The Morgan fingerprint density at radius 2 is 1.78 bits per heavy atom. The lowest BCUT2D eigenvalue weighted by molar-refractivity contribution is -0.163. The molecule has 0 unspecified atom stereocenters.